The van der Waals surface area contributed by atoms with Gasteiger partial charge in [0.2, 0.25) is 5.91 Å². The first-order valence-corrected chi connectivity index (χ1v) is 7.39. The largest absolute Gasteiger partial charge is 0.341 e. The van der Waals surface area contributed by atoms with Crippen molar-refractivity contribution in [3.8, 4) is 0 Å². The van der Waals surface area contributed by atoms with E-state index in [4.69, 9.17) is 0 Å². The average Bonchev–Trinajstić information content (AvgIpc) is 2.99. The lowest BCUT2D eigenvalue weighted by molar-refractivity contribution is -0.115. The first-order chi connectivity index (χ1) is 10.6. The van der Waals surface area contributed by atoms with Crippen LogP contribution in [0.5, 0.6) is 0 Å². The van der Waals surface area contributed by atoms with Crippen molar-refractivity contribution in [2.75, 3.05) is 5.32 Å². The van der Waals surface area contributed by atoms with Crippen LogP contribution in [0.3, 0.4) is 0 Å². The molecular formula is C14H12FN5OS. The summed E-state index contributed by atoms with van der Waals surface area (Å²) < 4.78 is 13.6. The Morgan fingerprint density at radius 2 is 2.14 bits per heavy atom. The number of para-hydroxylation sites is 1. The molecule has 22 heavy (non-hydrogen) atoms. The summed E-state index contributed by atoms with van der Waals surface area (Å²) in [6, 6.07) is 6.04. The molecular weight excluding hydrogens is 305 g/mol. The van der Waals surface area contributed by atoms with Gasteiger partial charge in [0.15, 0.2) is 5.65 Å². The number of fused-ring (bicyclic) bond motifs is 1. The van der Waals surface area contributed by atoms with Gasteiger partial charge in [-0.25, -0.2) is 19.3 Å². The van der Waals surface area contributed by atoms with Crippen LogP contribution in [0.15, 0.2) is 41.9 Å². The number of rotatable bonds is 4. The van der Waals surface area contributed by atoms with Crippen LogP contribution in [-0.2, 0) is 4.79 Å². The minimum atomic E-state index is -0.467. The Kier molecular flexibility index (Phi) is 4.01. The zero-order valence-electron chi connectivity index (χ0n) is 11.6. The number of aromatic nitrogens is 4. The van der Waals surface area contributed by atoms with Gasteiger partial charge in [0.1, 0.15) is 22.7 Å². The Labute approximate surface area is 129 Å². The van der Waals surface area contributed by atoms with E-state index in [0.717, 1.165) is 0 Å². The van der Waals surface area contributed by atoms with E-state index < -0.39 is 11.1 Å². The van der Waals surface area contributed by atoms with Crippen molar-refractivity contribution in [2.24, 2.45) is 0 Å². The summed E-state index contributed by atoms with van der Waals surface area (Å²) in [5.74, 6) is -0.771. The predicted molar refractivity (Wildman–Crippen MR) is 82.0 cm³/mol. The number of benzene rings is 1. The van der Waals surface area contributed by atoms with Crippen LogP contribution < -0.4 is 5.32 Å². The molecule has 0 bridgehead atoms. The van der Waals surface area contributed by atoms with Gasteiger partial charge in [0.05, 0.1) is 17.3 Å². The SMILES string of the molecule is C[C@H](Sc1ncnc2nc[nH]c12)C(=O)Nc1ccccc1F. The fourth-order valence-electron chi connectivity index (χ4n) is 1.85. The summed E-state index contributed by atoms with van der Waals surface area (Å²) in [6.45, 7) is 1.73. The Bertz CT molecular complexity index is 822. The third-order valence-corrected chi connectivity index (χ3v) is 4.08. The first kappa shape index (κ1) is 14.5. The van der Waals surface area contributed by atoms with E-state index in [1.807, 2.05) is 0 Å². The van der Waals surface area contributed by atoms with Gasteiger partial charge in [0.25, 0.3) is 0 Å². The molecule has 8 heteroatoms. The zero-order valence-corrected chi connectivity index (χ0v) is 12.4. The maximum absolute atomic E-state index is 13.6. The van der Waals surface area contributed by atoms with Gasteiger partial charge in [-0.3, -0.25) is 4.79 Å². The summed E-state index contributed by atoms with van der Waals surface area (Å²) in [6.07, 6.45) is 2.92. The maximum atomic E-state index is 13.6. The van der Waals surface area contributed by atoms with Crippen molar-refractivity contribution >= 4 is 34.5 Å². The van der Waals surface area contributed by atoms with Crippen LogP contribution in [-0.4, -0.2) is 31.1 Å². The lowest BCUT2D eigenvalue weighted by Gasteiger charge is -2.12. The van der Waals surface area contributed by atoms with Crippen molar-refractivity contribution in [3.05, 3.63) is 42.7 Å². The van der Waals surface area contributed by atoms with Gasteiger partial charge in [0, 0.05) is 0 Å². The topological polar surface area (TPSA) is 83.6 Å². The predicted octanol–water partition coefficient (Wildman–Crippen LogP) is 2.61. The van der Waals surface area contributed by atoms with Crippen molar-refractivity contribution in [3.63, 3.8) is 0 Å². The highest BCUT2D eigenvalue weighted by Crippen LogP contribution is 2.26. The van der Waals surface area contributed by atoms with Gasteiger partial charge < -0.3 is 10.3 Å². The molecule has 6 nitrogen and oxygen atoms in total. The number of carbonyl (C=O) groups is 1. The molecule has 2 aromatic heterocycles. The number of carbonyl (C=O) groups excluding carboxylic acids is 1. The molecule has 1 aromatic carbocycles. The van der Waals surface area contributed by atoms with Crippen LogP contribution >= 0.6 is 11.8 Å². The maximum Gasteiger partial charge on any atom is 0.237 e. The van der Waals surface area contributed by atoms with Gasteiger partial charge >= 0.3 is 0 Å². The molecule has 0 saturated carbocycles. The molecule has 2 N–H and O–H groups in total. The molecule has 0 aliphatic carbocycles. The van der Waals surface area contributed by atoms with E-state index in [1.165, 1.54) is 36.5 Å². The zero-order chi connectivity index (χ0) is 15.5. The van der Waals surface area contributed by atoms with Crippen LogP contribution in [0.4, 0.5) is 10.1 Å². The second-order valence-corrected chi connectivity index (χ2v) is 5.84. The average molecular weight is 317 g/mol. The highest BCUT2D eigenvalue weighted by atomic mass is 32.2. The summed E-state index contributed by atoms with van der Waals surface area (Å²) >= 11 is 1.25. The molecule has 0 spiro atoms. The highest BCUT2D eigenvalue weighted by molar-refractivity contribution is 8.00. The molecule has 0 unspecified atom stereocenters. The number of halogens is 1. The molecule has 0 fully saturated rings. The second kappa shape index (κ2) is 6.10. The molecule has 0 aliphatic heterocycles. The number of nitrogens with one attached hydrogen (secondary N) is 2. The fourth-order valence-corrected chi connectivity index (χ4v) is 2.73. The van der Waals surface area contributed by atoms with Crippen LogP contribution in [0.2, 0.25) is 0 Å². The minimum Gasteiger partial charge on any atom is -0.341 e. The van der Waals surface area contributed by atoms with E-state index in [2.05, 4.69) is 25.3 Å². The molecule has 2 heterocycles. The third kappa shape index (κ3) is 2.91. The molecule has 3 aromatic rings. The summed E-state index contributed by atoms with van der Waals surface area (Å²) in [5, 5.41) is 2.73. The summed E-state index contributed by atoms with van der Waals surface area (Å²) in [7, 11) is 0. The quantitative estimate of drug-likeness (QED) is 0.571. The van der Waals surface area contributed by atoms with Gasteiger partial charge in [-0.05, 0) is 19.1 Å². The van der Waals surface area contributed by atoms with Crippen LogP contribution in [0.25, 0.3) is 11.2 Å². The number of nitrogens with zero attached hydrogens (tertiary/aromatic N) is 3. The number of anilines is 1. The van der Waals surface area contributed by atoms with Gasteiger partial charge in [-0.15, -0.1) is 0 Å². The lowest BCUT2D eigenvalue weighted by atomic mass is 10.3. The van der Waals surface area contributed by atoms with E-state index in [9.17, 15) is 9.18 Å². The van der Waals surface area contributed by atoms with E-state index in [0.29, 0.717) is 16.2 Å². The van der Waals surface area contributed by atoms with Crippen LogP contribution in [0.1, 0.15) is 6.92 Å². The first-order valence-electron chi connectivity index (χ1n) is 6.51. The number of hydrogen-bond donors (Lipinski definition) is 2. The van der Waals surface area contributed by atoms with Crippen molar-refractivity contribution in [1.29, 1.82) is 0 Å². The minimum absolute atomic E-state index is 0.161. The summed E-state index contributed by atoms with van der Waals surface area (Å²) in [4.78, 5) is 27.3. The molecule has 0 saturated heterocycles. The number of amides is 1. The normalized spacial score (nSPS) is 12.3. The van der Waals surface area contributed by atoms with Crippen molar-refractivity contribution in [1.82, 2.24) is 19.9 Å². The molecule has 1 atom stereocenters. The van der Waals surface area contributed by atoms with Crippen LogP contribution in [0, 0.1) is 5.82 Å². The fraction of sp³-hybridized carbons (Fsp3) is 0.143. The standard InChI is InChI=1S/C14H12FN5OS/c1-8(13(21)20-10-5-3-2-4-9(10)15)22-14-11-12(17-6-16-11)18-7-19-14/h2-8H,1H3,(H,20,21)(H,16,17,18,19)/t8-/m0/s1. The van der Waals surface area contributed by atoms with Gasteiger partial charge in [-0.2, -0.15) is 0 Å². The molecule has 0 radical (unpaired) electrons. The Hall–Kier alpha value is -2.48. The molecule has 112 valence electrons. The Morgan fingerprint density at radius 3 is 2.95 bits per heavy atom. The number of H-pyrrole nitrogens is 1. The Balaban J connectivity index is 1.74. The molecule has 3 rings (SSSR count). The van der Waals surface area contributed by atoms with Gasteiger partial charge in [-0.1, -0.05) is 23.9 Å². The Morgan fingerprint density at radius 1 is 1.32 bits per heavy atom. The van der Waals surface area contributed by atoms with E-state index in [1.54, 1.807) is 19.1 Å². The van der Waals surface area contributed by atoms with E-state index >= 15 is 0 Å². The monoisotopic (exact) mass is 317 g/mol. The molecule has 0 aliphatic rings. The highest BCUT2D eigenvalue weighted by Gasteiger charge is 2.18. The smallest absolute Gasteiger partial charge is 0.237 e. The van der Waals surface area contributed by atoms with Crippen molar-refractivity contribution in [2.45, 2.75) is 17.2 Å². The number of imidazole rings is 1. The third-order valence-electron chi connectivity index (χ3n) is 2.98. The van der Waals surface area contributed by atoms with Crippen molar-refractivity contribution < 1.29 is 9.18 Å². The number of hydrogen-bond acceptors (Lipinski definition) is 5. The molecule has 1 amide bonds. The number of thioether (sulfide) groups is 1. The summed E-state index contributed by atoms with van der Waals surface area (Å²) in [5.41, 5.74) is 1.38. The number of aromatic amines is 1. The van der Waals surface area contributed by atoms with E-state index in [-0.39, 0.29) is 11.6 Å². The lowest BCUT2D eigenvalue weighted by Crippen LogP contribution is -2.23. The second-order valence-electron chi connectivity index (χ2n) is 4.51.